The lowest BCUT2D eigenvalue weighted by Crippen LogP contribution is -2.22. The smallest absolute Gasteiger partial charge is 0.140 e. The maximum Gasteiger partial charge on any atom is 0.140 e. The molecule has 3 rings (SSSR count). The van der Waals surface area contributed by atoms with Gasteiger partial charge in [-0.2, -0.15) is 5.10 Å². The van der Waals surface area contributed by atoms with Gasteiger partial charge in [0.15, 0.2) is 0 Å². The highest BCUT2D eigenvalue weighted by molar-refractivity contribution is 6.76. The summed E-state index contributed by atoms with van der Waals surface area (Å²) in [6.07, 6.45) is 2.26. The van der Waals surface area contributed by atoms with Gasteiger partial charge in [-0.25, -0.2) is 4.68 Å². The highest BCUT2D eigenvalue weighted by atomic mass is 28.3. The first-order valence-electron chi connectivity index (χ1n) is 9.10. The number of hydrogen-bond donors (Lipinski definition) is 0. The van der Waals surface area contributed by atoms with Crippen molar-refractivity contribution in [1.82, 2.24) is 9.78 Å². The second kappa shape index (κ2) is 6.61. The quantitative estimate of drug-likeness (QED) is 0.474. The minimum Gasteiger partial charge on any atom is -0.488 e. The summed E-state index contributed by atoms with van der Waals surface area (Å²) in [6.45, 7) is 16.7. The van der Waals surface area contributed by atoms with Crippen LogP contribution in [0.5, 0.6) is 5.75 Å². The molecule has 25 heavy (non-hydrogen) atoms. The number of allylic oxidation sites excluding steroid dienone is 1. The first kappa shape index (κ1) is 18.2. The Kier molecular flexibility index (Phi) is 4.82. The molecule has 2 aromatic rings. The first-order chi connectivity index (χ1) is 11.7. The molecule has 1 heterocycles. The summed E-state index contributed by atoms with van der Waals surface area (Å²) >= 11 is 0. The predicted octanol–water partition coefficient (Wildman–Crippen LogP) is 5.31. The standard InChI is InChI=1S/C20H30N2O2Si/c1-15(2)19-17-13-16(24-20(3)9-10-20)7-8-18(17)21-22(19)14-23-11-12-25(4,5)6/h7-8,13H,1,9-12,14H2,2-6H3. The highest BCUT2D eigenvalue weighted by Crippen LogP contribution is 2.40. The average Bonchev–Trinajstić information content (AvgIpc) is 3.09. The molecule has 0 aliphatic heterocycles. The molecular formula is C20H30N2O2Si. The first-order valence-corrected chi connectivity index (χ1v) is 12.8. The van der Waals surface area contributed by atoms with Gasteiger partial charge < -0.3 is 9.47 Å². The Hall–Kier alpha value is -1.59. The number of fused-ring (bicyclic) bond motifs is 1. The highest BCUT2D eigenvalue weighted by Gasteiger charge is 2.40. The van der Waals surface area contributed by atoms with E-state index in [2.05, 4.69) is 39.2 Å². The summed E-state index contributed by atoms with van der Waals surface area (Å²) in [5, 5.41) is 5.79. The van der Waals surface area contributed by atoms with E-state index < -0.39 is 8.07 Å². The van der Waals surface area contributed by atoms with Gasteiger partial charge in [-0.3, -0.25) is 0 Å². The molecule has 1 aromatic heterocycles. The molecule has 136 valence electrons. The van der Waals surface area contributed by atoms with Gasteiger partial charge in [0.05, 0.1) is 11.2 Å². The van der Waals surface area contributed by atoms with Gasteiger partial charge in [0.25, 0.3) is 0 Å². The van der Waals surface area contributed by atoms with Crippen molar-refractivity contribution in [2.24, 2.45) is 0 Å². The van der Waals surface area contributed by atoms with Crippen molar-refractivity contribution in [1.29, 1.82) is 0 Å². The van der Waals surface area contributed by atoms with Gasteiger partial charge in [-0.1, -0.05) is 26.2 Å². The molecule has 1 aliphatic carbocycles. The molecule has 1 saturated carbocycles. The fraction of sp³-hybridized carbons (Fsp3) is 0.550. The van der Waals surface area contributed by atoms with Crippen LogP contribution < -0.4 is 4.74 Å². The Morgan fingerprint density at radius 3 is 2.64 bits per heavy atom. The summed E-state index contributed by atoms with van der Waals surface area (Å²) in [7, 11) is -1.08. The maximum absolute atomic E-state index is 6.11. The maximum atomic E-state index is 6.11. The summed E-state index contributed by atoms with van der Waals surface area (Å²) in [5.41, 5.74) is 3.01. The van der Waals surface area contributed by atoms with Crippen molar-refractivity contribution >= 4 is 24.5 Å². The zero-order valence-corrected chi connectivity index (χ0v) is 17.2. The third-order valence-corrected chi connectivity index (χ3v) is 6.35. The normalized spacial score (nSPS) is 16.2. The third kappa shape index (κ3) is 4.53. The summed E-state index contributed by atoms with van der Waals surface area (Å²) < 4.78 is 13.9. The molecule has 0 radical (unpaired) electrons. The van der Waals surface area contributed by atoms with Gasteiger partial charge in [0.1, 0.15) is 18.1 Å². The van der Waals surface area contributed by atoms with E-state index in [1.54, 1.807) is 0 Å². The molecule has 0 atom stereocenters. The zero-order chi connectivity index (χ0) is 18.2. The lowest BCUT2D eigenvalue weighted by atomic mass is 10.1. The molecule has 5 heteroatoms. The van der Waals surface area contributed by atoms with Crippen LogP contribution in [0.15, 0.2) is 24.8 Å². The minimum atomic E-state index is -1.08. The molecule has 0 bridgehead atoms. The molecule has 0 saturated heterocycles. The topological polar surface area (TPSA) is 36.3 Å². The van der Waals surface area contributed by atoms with Crippen LogP contribution in [0.3, 0.4) is 0 Å². The second-order valence-corrected chi connectivity index (χ2v) is 14.3. The Morgan fingerprint density at radius 2 is 2.04 bits per heavy atom. The SMILES string of the molecule is C=C(C)c1c2cc(OC3(C)CC3)ccc2nn1COCC[Si](C)(C)C. The van der Waals surface area contributed by atoms with E-state index in [1.807, 2.05) is 23.7 Å². The van der Waals surface area contributed by atoms with E-state index >= 15 is 0 Å². The second-order valence-electron chi connectivity index (χ2n) is 8.71. The molecular weight excluding hydrogens is 328 g/mol. The average molecular weight is 359 g/mol. The van der Waals surface area contributed by atoms with Gasteiger partial charge >= 0.3 is 0 Å². The van der Waals surface area contributed by atoms with Crippen LogP contribution in [-0.4, -0.2) is 30.1 Å². The predicted molar refractivity (Wildman–Crippen MR) is 107 cm³/mol. The molecule has 4 nitrogen and oxygen atoms in total. The van der Waals surface area contributed by atoms with Crippen molar-refractivity contribution in [3.8, 4) is 5.75 Å². The van der Waals surface area contributed by atoms with Gasteiger partial charge in [0, 0.05) is 20.1 Å². The Labute approximate surface area is 151 Å². The molecule has 1 fully saturated rings. The largest absolute Gasteiger partial charge is 0.488 e. The van der Waals surface area contributed by atoms with Crippen LogP contribution >= 0.6 is 0 Å². The molecule has 0 spiro atoms. The number of aromatic nitrogens is 2. The fourth-order valence-electron chi connectivity index (χ4n) is 2.81. The number of benzene rings is 1. The molecule has 1 aliphatic rings. The van der Waals surface area contributed by atoms with Crippen LogP contribution in [0, 0.1) is 0 Å². The lowest BCUT2D eigenvalue weighted by molar-refractivity contribution is 0.0785. The number of ether oxygens (including phenoxy) is 2. The van der Waals surface area contributed by atoms with Crippen LogP contribution in [0.25, 0.3) is 16.5 Å². The Bertz CT molecular complexity index is 785. The van der Waals surface area contributed by atoms with E-state index in [9.17, 15) is 0 Å². The lowest BCUT2D eigenvalue weighted by Gasteiger charge is -2.16. The van der Waals surface area contributed by atoms with Gasteiger partial charge in [-0.15, -0.1) is 0 Å². The fourth-order valence-corrected chi connectivity index (χ4v) is 3.57. The van der Waals surface area contributed by atoms with Crippen LogP contribution in [0.1, 0.15) is 32.4 Å². The Balaban J connectivity index is 1.80. The van der Waals surface area contributed by atoms with Crippen molar-refractivity contribution < 1.29 is 9.47 Å². The molecule has 1 aromatic carbocycles. The van der Waals surface area contributed by atoms with E-state index in [0.717, 1.165) is 53.4 Å². The molecule has 0 N–H and O–H groups in total. The van der Waals surface area contributed by atoms with E-state index in [1.165, 1.54) is 0 Å². The molecule has 0 amide bonds. The van der Waals surface area contributed by atoms with Gasteiger partial charge in [0.2, 0.25) is 0 Å². The van der Waals surface area contributed by atoms with Crippen molar-refractivity contribution in [3.63, 3.8) is 0 Å². The van der Waals surface area contributed by atoms with E-state index in [-0.39, 0.29) is 5.60 Å². The monoisotopic (exact) mass is 358 g/mol. The van der Waals surface area contributed by atoms with Crippen LogP contribution in [0.4, 0.5) is 0 Å². The summed E-state index contributed by atoms with van der Waals surface area (Å²) in [6, 6.07) is 7.29. The Morgan fingerprint density at radius 1 is 1.32 bits per heavy atom. The van der Waals surface area contributed by atoms with Crippen LogP contribution in [0.2, 0.25) is 25.7 Å². The number of rotatable bonds is 8. The van der Waals surface area contributed by atoms with Crippen molar-refractivity contribution in [2.75, 3.05) is 6.61 Å². The minimum absolute atomic E-state index is 0.0208. The van der Waals surface area contributed by atoms with Gasteiger partial charge in [-0.05, 0) is 56.5 Å². The van der Waals surface area contributed by atoms with Crippen LogP contribution in [-0.2, 0) is 11.5 Å². The van der Waals surface area contributed by atoms with Crippen molar-refractivity contribution in [2.45, 2.75) is 64.7 Å². The third-order valence-electron chi connectivity index (χ3n) is 4.64. The molecule has 0 unspecified atom stereocenters. The summed E-state index contributed by atoms with van der Waals surface area (Å²) in [5.74, 6) is 0.911. The zero-order valence-electron chi connectivity index (χ0n) is 16.2. The number of nitrogens with zero attached hydrogens (tertiary/aromatic N) is 2. The van der Waals surface area contributed by atoms with E-state index in [4.69, 9.17) is 14.6 Å². The summed E-state index contributed by atoms with van der Waals surface area (Å²) in [4.78, 5) is 0. The number of hydrogen-bond acceptors (Lipinski definition) is 3. The van der Waals surface area contributed by atoms with Crippen molar-refractivity contribution in [3.05, 3.63) is 30.5 Å². The van der Waals surface area contributed by atoms with E-state index in [0.29, 0.717) is 6.73 Å².